The van der Waals surface area contributed by atoms with Crippen molar-refractivity contribution in [1.29, 1.82) is 0 Å². The maximum Gasteiger partial charge on any atom is 0.0577 e. The van der Waals surface area contributed by atoms with Gasteiger partial charge in [0.25, 0.3) is 0 Å². The smallest absolute Gasteiger partial charge is 0.0577 e. The zero-order chi connectivity index (χ0) is 19.8. The van der Waals surface area contributed by atoms with Gasteiger partial charge in [-0.05, 0) is 46.4 Å². The van der Waals surface area contributed by atoms with Crippen LogP contribution in [-0.4, -0.2) is 4.57 Å². The van der Waals surface area contributed by atoms with Gasteiger partial charge in [-0.25, -0.2) is 0 Å². The van der Waals surface area contributed by atoms with Gasteiger partial charge in [0, 0.05) is 28.1 Å². The Hall–Kier alpha value is -3.58. The Morgan fingerprint density at radius 3 is 2.27 bits per heavy atom. The van der Waals surface area contributed by atoms with Gasteiger partial charge in [-0.3, -0.25) is 0 Å². The summed E-state index contributed by atoms with van der Waals surface area (Å²) in [7, 11) is 0. The lowest BCUT2D eigenvalue weighted by Gasteiger charge is -2.12. The van der Waals surface area contributed by atoms with Crippen molar-refractivity contribution >= 4 is 43.4 Å². The van der Waals surface area contributed by atoms with Crippen molar-refractivity contribution in [3.8, 4) is 11.1 Å². The Morgan fingerprint density at radius 2 is 1.40 bits per heavy atom. The van der Waals surface area contributed by atoms with Crippen LogP contribution in [-0.2, 0) is 13.0 Å². The van der Waals surface area contributed by atoms with E-state index in [1.54, 1.807) is 0 Å². The summed E-state index contributed by atoms with van der Waals surface area (Å²) in [5, 5.41) is 8.24. The van der Waals surface area contributed by atoms with E-state index in [-0.39, 0.29) is 0 Å². The fraction of sp³-hybridized carbons (Fsp3) is 0.103. The fourth-order valence-corrected chi connectivity index (χ4v) is 5.80. The first-order valence-corrected chi connectivity index (χ1v) is 10.8. The van der Waals surface area contributed by atoms with Crippen LogP contribution < -0.4 is 0 Å². The van der Waals surface area contributed by atoms with Crippen LogP contribution >= 0.6 is 0 Å². The van der Waals surface area contributed by atoms with Crippen LogP contribution in [0.4, 0.5) is 0 Å². The molecule has 1 aliphatic rings. The maximum absolute atomic E-state index is 2.55. The quantitative estimate of drug-likeness (QED) is 0.274. The molecule has 1 heteroatoms. The van der Waals surface area contributed by atoms with E-state index in [0.717, 1.165) is 13.0 Å². The van der Waals surface area contributed by atoms with E-state index in [2.05, 4.69) is 96.4 Å². The van der Waals surface area contributed by atoms with E-state index in [9.17, 15) is 0 Å². The van der Waals surface area contributed by atoms with Gasteiger partial charge in [0.05, 0.1) is 11.0 Å². The molecular formula is C29H21N. The number of fused-ring (bicyclic) bond motifs is 12. The molecule has 0 atom stereocenters. The third-order valence-electron chi connectivity index (χ3n) is 6.98. The average molecular weight is 383 g/mol. The van der Waals surface area contributed by atoms with Crippen molar-refractivity contribution in [2.75, 3.05) is 0 Å². The average Bonchev–Trinajstić information content (AvgIpc) is 3.35. The van der Waals surface area contributed by atoms with E-state index in [0.29, 0.717) is 0 Å². The zero-order valence-corrected chi connectivity index (χ0v) is 16.9. The summed E-state index contributed by atoms with van der Waals surface area (Å²) < 4.78 is 2.55. The maximum atomic E-state index is 2.55. The molecule has 0 spiro atoms. The first kappa shape index (κ1) is 16.2. The summed E-state index contributed by atoms with van der Waals surface area (Å²) in [5.74, 6) is 0. The van der Waals surface area contributed by atoms with E-state index in [4.69, 9.17) is 0 Å². The molecule has 0 unspecified atom stereocenters. The molecule has 1 aromatic heterocycles. The van der Waals surface area contributed by atoms with Crippen molar-refractivity contribution in [3.63, 3.8) is 0 Å². The number of hydrogen-bond donors (Lipinski definition) is 0. The molecule has 7 rings (SSSR count). The second-order valence-corrected chi connectivity index (χ2v) is 8.38. The molecule has 0 N–H and O–H groups in total. The van der Waals surface area contributed by atoms with Gasteiger partial charge in [0.1, 0.15) is 0 Å². The molecule has 0 radical (unpaired) electrons. The Balaban J connectivity index is 1.85. The molecule has 0 fully saturated rings. The van der Waals surface area contributed by atoms with Crippen LogP contribution in [0.3, 0.4) is 0 Å². The van der Waals surface area contributed by atoms with Crippen molar-refractivity contribution in [1.82, 2.24) is 4.57 Å². The second-order valence-electron chi connectivity index (χ2n) is 8.38. The van der Waals surface area contributed by atoms with Crippen molar-refractivity contribution in [3.05, 3.63) is 96.1 Å². The van der Waals surface area contributed by atoms with Gasteiger partial charge in [-0.15, -0.1) is 0 Å². The molecule has 0 aliphatic heterocycles. The highest BCUT2D eigenvalue weighted by molar-refractivity contribution is 6.28. The largest absolute Gasteiger partial charge is 0.340 e. The summed E-state index contributed by atoms with van der Waals surface area (Å²) in [6, 6.07) is 31.4. The minimum Gasteiger partial charge on any atom is -0.340 e. The fourth-order valence-electron chi connectivity index (χ4n) is 5.80. The van der Waals surface area contributed by atoms with Crippen molar-refractivity contribution < 1.29 is 0 Å². The number of aryl methyl sites for hydroxylation is 1. The molecule has 30 heavy (non-hydrogen) atoms. The van der Waals surface area contributed by atoms with Crippen LogP contribution in [0, 0.1) is 0 Å². The second kappa shape index (κ2) is 5.73. The van der Waals surface area contributed by atoms with Gasteiger partial charge in [-0.1, -0.05) is 84.9 Å². The highest BCUT2D eigenvalue weighted by Gasteiger charge is 2.27. The molecule has 0 saturated heterocycles. The molecule has 1 nitrogen and oxygen atoms in total. The van der Waals surface area contributed by atoms with Gasteiger partial charge < -0.3 is 4.57 Å². The van der Waals surface area contributed by atoms with E-state index >= 15 is 0 Å². The number of aromatic nitrogens is 1. The third kappa shape index (κ3) is 1.88. The van der Waals surface area contributed by atoms with Gasteiger partial charge in [0.2, 0.25) is 0 Å². The lowest BCUT2D eigenvalue weighted by molar-refractivity contribution is 0.832. The Labute approximate surface area is 175 Å². The van der Waals surface area contributed by atoms with Crippen LogP contribution in [0.2, 0.25) is 0 Å². The molecule has 1 aliphatic carbocycles. The number of benzene rings is 5. The van der Waals surface area contributed by atoms with Crippen LogP contribution in [0.25, 0.3) is 54.5 Å². The summed E-state index contributed by atoms with van der Waals surface area (Å²) in [6.45, 7) is 3.23. The Bertz CT molecular complexity index is 1650. The van der Waals surface area contributed by atoms with Gasteiger partial charge >= 0.3 is 0 Å². The Kier molecular flexibility index (Phi) is 3.10. The first-order chi connectivity index (χ1) is 14.9. The summed E-state index contributed by atoms with van der Waals surface area (Å²) in [6.07, 6.45) is 1.02. The van der Waals surface area contributed by atoms with Crippen LogP contribution in [0.1, 0.15) is 18.1 Å². The molecule has 5 aromatic carbocycles. The van der Waals surface area contributed by atoms with Crippen LogP contribution in [0.15, 0.2) is 84.9 Å². The van der Waals surface area contributed by atoms with E-state index in [1.807, 2.05) is 0 Å². The highest BCUT2D eigenvalue weighted by Crippen LogP contribution is 2.49. The number of nitrogens with zero attached hydrogens (tertiary/aromatic N) is 1. The lowest BCUT2D eigenvalue weighted by atomic mass is 9.93. The lowest BCUT2D eigenvalue weighted by Crippen LogP contribution is -1.96. The SMILES string of the molecule is CCn1c2c3ccccc3ccc2c2c3c(c4ccccc4c21)Cc1ccccc1-3. The molecule has 0 bridgehead atoms. The van der Waals surface area contributed by atoms with Crippen molar-refractivity contribution in [2.24, 2.45) is 0 Å². The molecule has 0 amide bonds. The monoisotopic (exact) mass is 383 g/mol. The predicted octanol–water partition coefficient (Wildman–Crippen LogP) is 7.69. The minimum atomic E-state index is 0.957. The molecular weight excluding hydrogens is 362 g/mol. The highest BCUT2D eigenvalue weighted by atomic mass is 15.0. The topological polar surface area (TPSA) is 4.93 Å². The van der Waals surface area contributed by atoms with E-state index < -0.39 is 0 Å². The summed E-state index contributed by atoms with van der Waals surface area (Å²) >= 11 is 0. The molecule has 142 valence electrons. The number of rotatable bonds is 1. The molecule has 0 saturated carbocycles. The van der Waals surface area contributed by atoms with Gasteiger partial charge in [-0.2, -0.15) is 0 Å². The predicted molar refractivity (Wildman–Crippen MR) is 128 cm³/mol. The van der Waals surface area contributed by atoms with Crippen molar-refractivity contribution in [2.45, 2.75) is 19.9 Å². The summed E-state index contributed by atoms with van der Waals surface area (Å²) in [5.41, 5.74) is 8.55. The third-order valence-corrected chi connectivity index (χ3v) is 6.98. The first-order valence-electron chi connectivity index (χ1n) is 10.8. The summed E-state index contributed by atoms with van der Waals surface area (Å²) in [4.78, 5) is 0. The normalized spacial score (nSPS) is 12.8. The number of hydrogen-bond acceptors (Lipinski definition) is 0. The molecule has 1 heterocycles. The minimum absolute atomic E-state index is 0.957. The van der Waals surface area contributed by atoms with Crippen LogP contribution in [0.5, 0.6) is 0 Å². The van der Waals surface area contributed by atoms with E-state index in [1.165, 1.54) is 65.6 Å². The zero-order valence-electron chi connectivity index (χ0n) is 16.9. The Morgan fingerprint density at radius 1 is 0.667 bits per heavy atom. The standard InChI is InChI=1S/C29H21N/c1-2-30-28-21-12-6-3-9-18(21)15-16-24(28)27-26-20-11-5-4-10-19(20)17-25(26)22-13-7-8-14-23(22)29(27)30/h3-16H,2,17H2,1H3. The van der Waals surface area contributed by atoms with Gasteiger partial charge in [0.15, 0.2) is 0 Å². The molecule has 6 aromatic rings.